The first-order chi connectivity index (χ1) is 12.5. The maximum atomic E-state index is 12.2. The van der Waals surface area contributed by atoms with Gasteiger partial charge in [-0.15, -0.1) is 0 Å². The number of para-hydroxylation sites is 1. The molecule has 0 aliphatic carbocycles. The molecule has 1 heterocycles. The maximum Gasteiger partial charge on any atom is 0.260 e. The lowest BCUT2D eigenvalue weighted by atomic mass is 10.1. The van der Waals surface area contributed by atoms with E-state index in [1.54, 1.807) is 24.3 Å². The van der Waals surface area contributed by atoms with E-state index >= 15 is 0 Å². The van der Waals surface area contributed by atoms with Gasteiger partial charge in [0.1, 0.15) is 0 Å². The lowest BCUT2D eigenvalue weighted by Crippen LogP contribution is -2.36. The molecule has 5 N–H and O–H groups in total. The molecule has 1 aromatic heterocycles. The molecular formula is C19H20N6O. The second kappa shape index (κ2) is 7.18. The van der Waals surface area contributed by atoms with Gasteiger partial charge >= 0.3 is 0 Å². The van der Waals surface area contributed by atoms with Crippen molar-refractivity contribution in [2.45, 2.75) is 20.3 Å². The van der Waals surface area contributed by atoms with Crippen LogP contribution in [0.4, 0.5) is 11.6 Å². The van der Waals surface area contributed by atoms with Gasteiger partial charge < -0.3 is 11.5 Å². The lowest BCUT2D eigenvalue weighted by molar-refractivity contribution is 0.0977. The minimum Gasteiger partial charge on any atom is -0.398 e. The summed E-state index contributed by atoms with van der Waals surface area (Å²) in [4.78, 5) is 25.1. The topological polar surface area (TPSA) is 119 Å². The third-order valence-electron chi connectivity index (χ3n) is 4.01. The van der Waals surface area contributed by atoms with Crippen LogP contribution in [-0.2, 0) is 6.42 Å². The van der Waals surface area contributed by atoms with E-state index in [9.17, 15) is 4.79 Å². The summed E-state index contributed by atoms with van der Waals surface area (Å²) in [7, 11) is 0. The molecule has 3 aromatic rings. The number of nitrogens with zero attached hydrogens (tertiary/aromatic N) is 3. The van der Waals surface area contributed by atoms with E-state index < -0.39 is 5.91 Å². The van der Waals surface area contributed by atoms with Crippen molar-refractivity contribution in [3.05, 3.63) is 59.3 Å². The number of fused-ring (bicyclic) bond motifs is 1. The molecule has 0 radical (unpaired) electrons. The predicted octanol–water partition coefficient (Wildman–Crippen LogP) is 2.46. The number of benzene rings is 2. The molecule has 26 heavy (non-hydrogen) atoms. The minimum absolute atomic E-state index is 0.0952. The number of carbonyl (C=O) groups is 1. The molecule has 7 nitrogen and oxygen atoms in total. The normalized spacial score (nSPS) is 11.5. The van der Waals surface area contributed by atoms with Crippen LogP contribution in [0.1, 0.15) is 28.5 Å². The van der Waals surface area contributed by atoms with Gasteiger partial charge in [-0.3, -0.25) is 10.1 Å². The summed E-state index contributed by atoms with van der Waals surface area (Å²) in [5, 5.41) is 3.48. The van der Waals surface area contributed by atoms with Crippen LogP contribution in [0.5, 0.6) is 0 Å². The maximum absolute atomic E-state index is 12.2. The summed E-state index contributed by atoms with van der Waals surface area (Å²) in [6.07, 6.45) is 0.941. The number of amides is 1. The molecule has 3 rings (SSSR count). The lowest BCUT2D eigenvalue weighted by Gasteiger charge is -2.07. The third kappa shape index (κ3) is 3.61. The van der Waals surface area contributed by atoms with Crippen LogP contribution in [0.15, 0.2) is 47.5 Å². The monoisotopic (exact) mass is 348 g/mol. The zero-order chi connectivity index (χ0) is 18.7. The largest absolute Gasteiger partial charge is 0.398 e. The Kier molecular flexibility index (Phi) is 4.79. The third-order valence-corrected chi connectivity index (χ3v) is 4.01. The van der Waals surface area contributed by atoms with Gasteiger partial charge in [0.15, 0.2) is 0 Å². The molecular weight excluding hydrogens is 328 g/mol. The Morgan fingerprint density at radius 1 is 1.19 bits per heavy atom. The molecule has 2 aromatic carbocycles. The fraction of sp³-hybridized carbons (Fsp3) is 0.158. The van der Waals surface area contributed by atoms with E-state index in [0.717, 1.165) is 23.0 Å². The number of carbonyl (C=O) groups excluding carboxylic acids is 1. The molecule has 0 spiro atoms. The number of guanidine groups is 1. The number of nitrogen functional groups attached to an aromatic ring is 1. The van der Waals surface area contributed by atoms with Gasteiger partial charge in [0, 0.05) is 11.1 Å². The van der Waals surface area contributed by atoms with Gasteiger partial charge in [0.05, 0.1) is 16.8 Å². The zero-order valence-electron chi connectivity index (χ0n) is 14.7. The van der Waals surface area contributed by atoms with Crippen molar-refractivity contribution in [3.63, 3.8) is 0 Å². The SMILES string of the molecule is CCc1ccc2nc(/N=C(/N)NC(=O)c3ccccc3N)nc(C)c2c1. The zero-order valence-corrected chi connectivity index (χ0v) is 14.7. The highest BCUT2D eigenvalue weighted by Gasteiger charge is 2.11. The summed E-state index contributed by atoms with van der Waals surface area (Å²) in [5.74, 6) is -0.338. The highest BCUT2D eigenvalue weighted by atomic mass is 16.1. The molecule has 1 amide bonds. The van der Waals surface area contributed by atoms with E-state index in [2.05, 4.69) is 33.3 Å². The van der Waals surface area contributed by atoms with Gasteiger partial charge in [0.25, 0.3) is 11.9 Å². The highest BCUT2D eigenvalue weighted by Crippen LogP contribution is 2.20. The van der Waals surface area contributed by atoms with E-state index in [4.69, 9.17) is 11.5 Å². The Labute approximate surface area is 151 Å². The number of anilines is 1. The Morgan fingerprint density at radius 2 is 1.96 bits per heavy atom. The summed E-state index contributed by atoms with van der Waals surface area (Å²) >= 11 is 0. The second-order valence-corrected chi connectivity index (χ2v) is 5.85. The molecule has 132 valence electrons. The van der Waals surface area contributed by atoms with Crippen molar-refractivity contribution in [2.75, 3.05) is 5.73 Å². The molecule has 0 unspecified atom stereocenters. The standard InChI is InChI=1S/C19H20N6O/c1-3-12-8-9-16-14(10-12)11(2)22-19(23-16)25-18(21)24-17(26)13-6-4-5-7-15(13)20/h4-10H,3,20H2,1-2H3,(H3,21,22,23,24,25,26). The van der Waals surface area contributed by atoms with Crippen molar-refractivity contribution in [1.82, 2.24) is 15.3 Å². The molecule has 0 fully saturated rings. The van der Waals surface area contributed by atoms with E-state index in [1.165, 1.54) is 5.56 Å². The molecule has 7 heteroatoms. The van der Waals surface area contributed by atoms with E-state index in [0.29, 0.717) is 11.3 Å². The van der Waals surface area contributed by atoms with Crippen molar-refractivity contribution >= 4 is 34.4 Å². The van der Waals surface area contributed by atoms with E-state index in [1.807, 2.05) is 19.1 Å². The fourth-order valence-electron chi connectivity index (χ4n) is 2.61. The smallest absolute Gasteiger partial charge is 0.260 e. The molecule has 0 atom stereocenters. The number of nitrogens with one attached hydrogen (secondary N) is 1. The second-order valence-electron chi connectivity index (χ2n) is 5.85. The number of rotatable bonds is 3. The van der Waals surface area contributed by atoms with Crippen molar-refractivity contribution in [3.8, 4) is 0 Å². The average molecular weight is 348 g/mol. The summed E-state index contributed by atoms with van der Waals surface area (Å²) < 4.78 is 0. The first kappa shape index (κ1) is 17.3. The van der Waals surface area contributed by atoms with Crippen LogP contribution in [0, 0.1) is 6.92 Å². The van der Waals surface area contributed by atoms with E-state index in [-0.39, 0.29) is 11.9 Å². The number of nitrogens with two attached hydrogens (primary N) is 2. The highest BCUT2D eigenvalue weighted by molar-refractivity contribution is 6.08. The quantitative estimate of drug-likeness (QED) is 0.381. The number of aliphatic imine (C=N–C) groups is 1. The van der Waals surface area contributed by atoms with Crippen LogP contribution in [0.25, 0.3) is 10.9 Å². The number of hydrogen-bond acceptors (Lipinski definition) is 5. The van der Waals surface area contributed by atoms with Gasteiger partial charge in [-0.1, -0.05) is 25.1 Å². The van der Waals surface area contributed by atoms with Gasteiger partial charge in [-0.2, -0.15) is 4.99 Å². The van der Waals surface area contributed by atoms with Crippen LogP contribution < -0.4 is 16.8 Å². The van der Waals surface area contributed by atoms with Gasteiger partial charge in [-0.25, -0.2) is 9.97 Å². The molecule has 0 aliphatic rings. The number of hydrogen-bond donors (Lipinski definition) is 3. The summed E-state index contributed by atoms with van der Waals surface area (Å²) in [5.41, 5.74) is 15.1. The number of aryl methyl sites for hydroxylation is 2. The first-order valence-corrected chi connectivity index (χ1v) is 8.25. The Balaban J connectivity index is 1.87. The van der Waals surface area contributed by atoms with Crippen LogP contribution >= 0.6 is 0 Å². The van der Waals surface area contributed by atoms with Crippen molar-refractivity contribution < 1.29 is 4.79 Å². The molecule has 0 saturated carbocycles. The van der Waals surface area contributed by atoms with Crippen molar-refractivity contribution in [1.29, 1.82) is 0 Å². The number of aromatic nitrogens is 2. The Hall–Kier alpha value is -3.48. The van der Waals surface area contributed by atoms with Gasteiger partial charge in [0.2, 0.25) is 5.96 Å². The van der Waals surface area contributed by atoms with Crippen LogP contribution in [0.2, 0.25) is 0 Å². The molecule has 0 bridgehead atoms. The predicted molar refractivity (Wildman–Crippen MR) is 103 cm³/mol. The van der Waals surface area contributed by atoms with Crippen LogP contribution in [-0.4, -0.2) is 21.8 Å². The van der Waals surface area contributed by atoms with Crippen molar-refractivity contribution in [2.24, 2.45) is 10.7 Å². The minimum atomic E-state index is -0.436. The summed E-state index contributed by atoms with van der Waals surface area (Å²) in [6, 6.07) is 12.7. The fourth-order valence-corrected chi connectivity index (χ4v) is 2.61. The Morgan fingerprint density at radius 3 is 2.69 bits per heavy atom. The summed E-state index contributed by atoms with van der Waals surface area (Å²) in [6.45, 7) is 3.99. The average Bonchev–Trinajstić information content (AvgIpc) is 2.61. The van der Waals surface area contributed by atoms with Crippen LogP contribution in [0.3, 0.4) is 0 Å². The molecule has 0 aliphatic heterocycles. The first-order valence-electron chi connectivity index (χ1n) is 8.25. The Bertz CT molecular complexity index is 1010. The van der Waals surface area contributed by atoms with Gasteiger partial charge in [-0.05, 0) is 43.2 Å². The molecule has 0 saturated heterocycles.